The minimum absolute atomic E-state index is 0.322. The Bertz CT molecular complexity index is 405. The first kappa shape index (κ1) is 12.2. The van der Waals surface area contributed by atoms with Gasteiger partial charge in [-0.3, -0.25) is 4.79 Å². The van der Waals surface area contributed by atoms with Gasteiger partial charge >= 0.3 is 0 Å². The highest BCUT2D eigenvalue weighted by molar-refractivity contribution is 5.76. The Morgan fingerprint density at radius 2 is 1.94 bits per heavy atom. The van der Waals surface area contributed by atoms with Crippen molar-refractivity contribution in [1.82, 2.24) is 4.90 Å². The van der Waals surface area contributed by atoms with E-state index in [1.807, 2.05) is 4.90 Å². The Labute approximate surface area is 104 Å². The molecule has 0 atom stereocenters. The van der Waals surface area contributed by atoms with Crippen LogP contribution >= 0.6 is 0 Å². The third-order valence-electron chi connectivity index (χ3n) is 3.57. The summed E-state index contributed by atoms with van der Waals surface area (Å²) in [6.45, 7) is 6.16. The van der Waals surface area contributed by atoms with Crippen LogP contribution in [0.3, 0.4) is 0 Å². The van der Waals surface area contributed by atoms with Gasteiger partial charge in [0.2, 0.25) is 5.91 Å². The number of likely N-dealkylation sites (tertiary alicyclic amines) is 1. The molecule has 92 valence electrons. The van der Waals surface area contributed by atoms with Gasteiger partial charge in [0, 0.05) is 19.5 Å². The second-order valence-corrected chi connectivity index (χ2v) is 5.02. The second kappa shape index (κ2) is 5.35. The van der Waals surface area contributed by atoms with Crippen LogP contribution in [0.5, 0.6) is 0 Å². The number of rotatable bonds is 3. The van der Waals surface area contributed by atoms with E-state index in [1.165, 1.54) is 29.5 Å². The predicted octanol–water partition coefficient (Wildman–Crippen LogP) is 2.86. The number of nitrogens with zero attached hydrogens (tertiary/aromatic N) is 1. The molecule has 0 unspecified atom stereocenters. The SMILES string of the molecule is Cc1ccc(CCC(=O)N2CCCC2)c(C)c1. The molecule has 1 amide bonds. The lowest BCUT2D eigenvalue weighted by molar-refractivity contribution is -0.130. The molecule has 1 aliphatic rings. The van der Waals surface area contributed by atoms with Crippen LogP contribution in [-0.4, -0.2) is 23.9 Å². The van der Waals surface area contributed by atoms with Crippen LogP contribution in [0.1, 0.15) is 36.0 Å². The highest BCUT2D eigenvalue weighted by Crippen LogP contribution is 2.15. The molecule has 0 aliphatic carbocycles. The lowest BCUT2D eigenvalue weighted by atomic mass is 10.0. The normalized spacial score (nSPS) is 15.3. The minimum atomic E-state index is 0.322. The van der Waals surface area contributed by atoms with Crippen molar-refractivity contribution in [3.05, 3.63) is 34.9 Å². The highest BCUT2D eigenvalue weighted by atomic mass is 16.2. The number of carbonyl (C=O) groups excluding carboxylic acids is 1. The monoisotopic (exact) mass is 231 g/mol. The van der Waals surface area contributed by atoms with Crippen LogP contribution in [0.4, 0.5) is 0 Å². The third kappa shape index (κ3) is 3.09. The summed E-state index contributed by atoms with van der Waals surface area (Å²) < 4.78 is 0. The molecule has 0 spiro atoms. The Morgan fingerprint density at radius 3 is 2.59 bits per heavy atom. The molecule has 0 saturated carbocycles. The maximum Gasteiger partial charge on any atom is 0.222 e. The molecule has 2 rings (SSSR count). The van der Waals surface area contributed by atoms with Crippen molar-refractivity contribution in [1.29, 1.82) is 0 Å². The van der Waals surface area contributed by atoms with E-state index in [0.717, 1.165) is 19.5 Å². The van der Waals surface area contributed by atoms with Gasteiger partial charge < -0.3 is 4.90 Å². The number of aryl methyl sites for hydroxylation is 3. The predicted molar refractivity (Wildman–Crippen MR) is 70.1 cm³/mol. The molecule has 0 bridgehead atoms. The molecule has 1 heterocycles. The van der Waals surface area contributed by atoms with Crippen LogP contribution in [0.2, 0.25) is 0 Å². The van der Waals surface area contributed by atoms with E-state index >= 15 is 0 Å². The van der Waals surface area contributed by atoms with Gasteiger partial charge in [0.1, 0.15) is 0 Å². The van der Waals surface area contributed by atoms with Crippen LogP contribution in [-0.2, 0) is 11.2 Å². The van der Waals surface area contributed by atoms with Crippen LogP contribution < -0.4 is 0 Å². The molecular formula is C15H21NO. The standard InChI is InChI=1S/C15H21NO/c1-12-5-6-14(13(2)11-12)7-8-15(17)16-9-3-4-10-16/h5-6,11H,3-4,7-10H2,1-2H3. The largest absolute Gasteiger partial charge is 0.343 e. The Kier molecular flexibility index (Phi) is 3.82. The summed E-state index contributed by atoms with van der Waals surface area (Å²) in [5, 5.41) is 0. The van der Waals surface area contributed by atoms with Gasteiger partial charge in [-0.1, -0.05) is 23.8 Å². The fraction of sp³-hybridized carbons (Fsp3) is 0.533. The van der Waals surface area contributed by atoms with E-state index < -0.39 is 0 Å². The fourth-order valence-electron chi connectivity index (χ4n) is 2.49. The van der Waals surface area contributed by atoms with E-state index in [4.69, 9.17) is 0 Å². The average molecular weight is 231 g/mol. The van der Waals surface area contributed by atoms with E-state index in [0.29, 0.717) is 12.3 Å². The maximum atomic E-state index is 11.9. The fourth-order valence-corrected chi connectivity index (χ4v) is 2.49. The van der Waals surface area contributed by atoms with E-state index in [2.05, 4.69) is 32.0 Å². The van der Waals surface area contributed by atoms with Gasteiger partial charge in [-0.05, 0) is 44.2 Å². The molecule has 1 aromatic rings. The van der Waals surface area contributed by atoms with E-state index in [-0.39, 0.29) is 0 Å². The molecule has 0 N–H and O–H groups in total. The third-order valence-corrected chi connectivity index (χ3v) is 3.57. The number of amides is 1. The first-order valence-electron chi connectivity index (χ1n) is 6.51. The number of benzene rings is 1. The summed E-state index contributed by atoms with van der Waals surface area (Å²) in [6, 6.07) is 6.47. The van der Waals surface area contributed by atoms with Crippen molar-refractivity contribution in [2.24, 2.45) is 0 Å². The Balaban J connectivity index is 1.90. The van der Waals surface area contributed by atoms with Crippen molar-refractivity contribution in [3.8, 4) is 0 Å². The van der Waals surface area contributed by atoms with Gasteiger partial charge in [0.25, 0.3) is 0 Å². The van der Waals surface area contributed by atoms with Crippen LogP contribution in [0, 0.1) is 13.8 Å². The summed E-state index contributed by atoms with van der Waals surface area (Å²) >= 11 is 0. The molecule has 2 heteroatoms. The zero-order valence-electron chi connectivity index (χ0n) is 10.8. The summed E-state index contributed by atoms with van der Waals surface area (Å²) in [4.78, 5) is 13.9. The van der Waals surface area contributed by atoms with Crippen LogP contribution in [0.15, 0.2) is 18.2 Å². The topological polar surface area (TPSA) is 20.3 Å². The maximum absolute atomic E-state index is 11.9. The zero-order chi connectivity index (χ0) is 12.3. The number of hydrogen-bond acceptors (Lipinski definition) is 1. The highest BCUT2D eigenvalue weighted by Gasteiger charge is 2.17. The van der Waals surface area contributed by atoms with Crippen molar-refractivity contribution < 1.29 is 4.79 Å². The number of carbonyl (C=O) groups is 1. The Hall–Kier alpha value is -1.31. The van der Waals surface area contributed by atoms with Gasteiger partial charge in [0.15, 0.2) is 0 Å². The Morgan fingerprint density at radius 1 is 1.24 bits per heavy atom. The van der Waals surface area contributed by atoms with Crippen molar-refractivity contribution >= 4 is 5.91 Å². The molecule has 1 saturated heterocycles. The van der Waals surface area contributed by atoms with Gasteiger partial charge in [-0.2, -0.15) is 0 Å². The zero-order valence-corrected chi connectivity index (χ0v) is 10.8. The lowest BCUT2D eigenvalue weighted by Crippen LogP contribution is -2.27. The van der Waals surface area contributed by atoms with Crippen molar-refractivity contribution in [2.75, 3.05) is 13.1 Å². The smallest absolute Gasteiger partial charge is 0.222 e. The average Bonchev–Trinajstić information content (AvgIpc) is 2.81. The minimum Gasteiger partial charge on any atom is -0.343 e. The lowest BCUT2D eigenvalue weighted by Gasteiger charge is -2.15. The molecule has 1 fully saturated rings. The van der Waals surface area contributed by atoms with E-state index in [1.54, 1.807) is 0 Å². The van der Waals surface area contributed by atoms with Gasteiger partial charge in [0.05, 0.1) is 0 Å². The van der Waals surface area contributed by atoms with Crippen molar-refractivity contribution in [2.45, 2.75) is 39.5 Å². The summed E-state index contributed by atoms with van der Waals surface area (Å²) in [5.41, 5.74) is 3.90. The molecular weight excluding hydrogens is 210 g/mol. The summed E-state index contributed by atoms with van der Waals surface area (Å²) in [7, 11) is 0. The van der Waals surface area contributed by atoms with E-state index in [9.17, 15) is 4.79 Å². The first-order valence-corrected chi connectivity index (χ1v) is 6.51. The van der Waals surface area contributed by atoms with Gasteiger partial charge in [-0.15, -0.1) is 0 Å². The molecule has 1 aromatic carbocycles. The first-order chi connectivity index (χ1) is 8.16. The second-order valence-electron chi connectivity index (χ2n) is 5.02. The number of hydrogen-bond donors (Lipinski definition) is 0. The molecule has 17 heavy (non-hydrogen) atoms. The molecule has 0 radical (unpaired) electrons. The quantitative estimate of drug-likeness (QED) is 0.783. The van der Waals surface area contributed by atoms with Crippen molar-refractivity contribution in [3.63, 3.8) is 0 Å². The molecule has 0 aromatic heterocycles. The molecule has 2 nitrogen and oxygen atoms in total. The summed E-state index contributed by atoms with van der Waals surface area (Å²) in [5.74, 6) is 0.322. The van der Waals surface area contributed by atoms with Gasteiger partial charge in [-0.25, -0.2) is 0 Å². The van der Waals surface area contributed by atoms with Crippen LogP contribution in [0.25, 0.3) is 0 Å². The molecule has 1 aliphatic heterocycles. The summed E-state index contributed by atoms with van der Waals surface area (Å²) in [6.07, 6.45) is 3.88.